The number of ether oxygens (including phenoxy) is 1. The molecule has 0 N–H and O–H groups in total. The fourth-order valence-electron chi connectivity index (χ4n) is 4.13. The molecule has 0 bridgehead atoms. The maximum Gasteiger partial charge on any atom is 0.332 e. The predicted molar refractivity (Wildman–Crippen MR) is 123 cm³/mol. The minimum Gasteiger partial charge on any atom is -0.497 e. The quantitative estimate of drug-likeness (QED) is 0.430. The van der Waals surface area contributed by atoms with Crippen molar-refractivity contribution in [3.63, 3.8) is 0 Å². The van der Waals surface area contributed by atoms with Gasteiger partial charge in [0.2, 0.25) is 5.78 Å². The average molecular weight is 429 g/mol. The first-order valence-electron chi connectivity index (χ1n) is 10.3. The van der Waals surface area contributed by atoms with E-state index in [4.69, 9.17) is 9.72 Å². The molecule has 3 aromatic heterocycles. The number of hydrogen-bond donors (Lipinski definition) is 0. The molecule has 0 radical (unpaired) electrons. The second-order valence-electron chi connectivity index (χ2n) is 7.79. The Hall–Kier alpha value is -4.07. The van der Waals surface area contributed by atoms with Crippen LogP contribution in [0.4, 0.5) is 0 Å². The van der Waals surface area contributed by atoms with Crippen molar-refractivity contribution in [2.45, 2.75) is 13.0 Å². The summed E-state index contributed by atoms with van der Waals surface area (Å²) in [6.45, 7) is 0.657. The van der Waals surface area contributed by atoms with Gasteiger partial charge in [-0.25, -0.2) is 4.79 Å². The molecule has 0 aliphatic rings. The normalized spacial score (nSPS) is 11.5. The summed E-state index contributed by atoms with van der Waals surface area (Å²) in [7, 11) is 4.75. The molecule has 0 fully saturated rings. The van der Waals surface area contributed by atoms with Crippen molar-refractivity contribution in [1.29, 1.82) is 0 Å². The molecule has 32 heavy (non-hydrogen) atoms. The Morgan fingerprint density at radius 2 is 1.75 bits per heavy atom. The lowest BCUT2D eigenvalue weighted by atomic mass is 10.1. The van der Waals surface area contributed by atoms with E-state index in [9.17, 15) is 9.59 Å². The van der Waals surface area contributed by atoms with E-state index in [1.165, 1.54) is 17.2 Å². The van der Waals surface area contributed by atoms with Crippen LogP contribution < -0.4 is 16.0 Å². The van der Waals surface area contributed by atoms with Crippen LogP contribution in [0.25, 0.3) is 28.2 Å². The highest BCUT2D eigenvalue weighted by atomic mass is 16.5. The van der Waals surface area contributed by atoms with Crippen LogP contribution in [-0.4, -0.2) is 30.2 Å². The zero-order chi connectivity index (χ0) is 22.4. The van der Waals surface area contributed by atoms with Gasteiger partial charge in [0.05, 0.1) is 12.8 Å². The fourth-order valence-corrected chi connectivity index (χ4v) is 4.13. The zero-order valence-corrected chi connectivity index (χ0v) is 18.1. The zero-order valence-electron chi connectivity index (χ0n) is 18.1. The van der Waals surface area contributed by atoms with E-state index in [1.54, 1.807) is 18.6 Å². The summed E-state index contributed by atoms with van der Waals surface area (Å²) in [5.41, 5.74) is 3.07. The number of benzene rings is 2. The molecule has 162 valence electrons. The highest BCUT2D eigenvalue weighted by Crippen LogP contribution is 2.28. The van der Waals surface area contributed by atoms with Crippen molar-refractivity contribution in [3.8, 4) is 17.0 Å². The van der Waals surface area contributed by atoms with E-state index < -0.39 is 5.69 Å². The number of nitrogens with zero attached hydrogens (tertiary/aromatic N) is 5. The third-order valence-corrected chi connectivity index (χ3v) is 5.89. The summed E-state index contributed by atoms with van der Waals surface area (Å²) in [5.74, 6) is 1.37. The number of rotatable bonds is 5. The van der Waals surface area contributed by atoms with Gasteiger partial charge in [0.25, 0.3) is 5.56 Å². The lowest BCUT2D eigenvalue weighted by molar-refractivity contribution is 0.415. The number of methoxy groups -OCH3 is 1. The molecule has 0 atom stereocenters. The molecule has 0 unspecified atom stereocenters. The van der Waals surface area contributed by atoms with Gasteiger partial charge in [-0.15, -0.1) is 0 Å². The minimum atomic E-state index is -0.396. The molecule has 8 nitrogen and oxygen atoms in total. The van der Waals surface area contributed by atoms with E-state index >= 15 is 0 Å². The number of hydrogen-bond acceptors (Lipinski definition) is 4. The molecular weight excluding hydrogens is 406 g/mol. The van der Waals surface area contributed by atoms with Gasteiger partial charge in [-0.05, 0) is 24.1 Å². The molecule has 0 spiro atoms. The summed E-state index contributed by atoms with van der Waals surface area (Å²) < 4.78 is 11.8. The smallest absolute Gasteiger partial charge is 0.332 e. The summed E-state index contributed by atoms with van der Waals surface area (Å²) >= 11 is 0. The van der Waals surface area contributed by atoms with E-state index in [2.05, 4.69) is 16.7 Å². The lowest BCUT2D eigenvalue weighted by Gasteiger charge is -2.10. The molecule has 8 heteroatoms. The van der Waals surface area contributed by atoms with E-state index in [1.807, 2.05) is 48.7 Å². The summed E-state index contributed by atoms with van der Waals surface area (Å²) in [6.07, 6.45) is 2.71. The topological polar surface area (TPSA) is 75.5 Å². The molecule has 5 aromatic rings. The molecule has 0 saturated carbocycles. The molecule has 0 aliphatic carbocycles. The predicted octanol–water partition coefficient (Wildman–Crippen LogP) is 2.60. The third-order valence-electron chi connectivity index (χ3n) is 5.89. The largest absolute Gasteiger partial charge is 0.497 e. The standard InChI is InChI=1S/C24H23N5O3/c1-26-21-20(22(30)27(2)24(26)31)29-15-19(17-10-7-11-18(14-17)32-3)28(23(29)25-21)13-12-16-8-5-4-6-9-16/h4-11,14-15H,12-13H2,1-3H3. The summed E-state index contributed by atoms with van der Waals surface area (Å²) in [4.78, 5) is 30.1. The first kappa shape index (κ1) is 19.9. The van der Waals surface area contributed by atoms with Crippen LogP contribution in [0.2, 0.25) is 0 Å². The number of imidazole rings is 2. The van der Waals surface area contributed by atoms with Crippen LogP contribution >= 0.6 is 0 Å². The maximum absolute atomic E-state index is 13.0. The van der Waals surface area contributed by atoms with Gasteiger partial charge in [-0.2, -0.15) is 4.98 Å². The third kappa shape index (κ3) is 3.03. The first-order chi connectivity index (χ1) is 15.5. The molecule has 3 heterocycles. The Bertz CT molecular complexity index is 1570. The summed E-state index contributed by atoms with van der Waals surface area (Å²) in [5, 5.41) is 0. The van der Waals surface area contributed by atoms with Gasteiger partial charge < -0.3 is 9.30 Å². The van der Waals surface area contributed by atoms with Gasteiger partial charge in [0.15, 0.2) is 11.2 Å². The molecule has 0 aliphatic heterocycles. The van der Waals surface area contributed by atoms with Gasteiger partial charge in [-0.3, -0.25) is 18.3 Å². The van der Waals surface area contributed by atoms with Gasteiger partial charge in [0, 0.05) is 32.4 Å². The Kier molecular flexibility index (Phi) is 4.70. The van der Waals surface area contributed by atoms with Crippen molar-refractivity contribution in [2.75, 3.05) is 7.11 Å². The molecule has 0 saturated heterocycles. The van der Waals surface area contributed by atoms with Crippen LogP contribution in [0.15, 0.2) is 70.4 Å². The van der Waals surface area contributed by atoms with Crippen LogP contribution in [0, 0.1) is 0 Å². The number of fused-ring (bicyclic) bond motifs is 3. The van der Waals surface area contributed by atoms with Crippen molar-refractivity contribution < 1.29 is 4.74 Å². The van der Waals surface area contributed by atoms with Crippen molar-refractivity contribution in [2.24, 2.45) is 14.1 Å². The van der Waals surface area contributed by atoms with E-state index in [0.717, 1.165) is 28.0 Å². The monoisotopic (exact) mass is 429 g/mol. The maximum atomic E-state index is 13.0. The van der Waals surface area contributed by atoms with Crippen molar-refractivity contribution >= 4 is 16.9 Å². The van der Waals surface area contributed by atoms with Gasteiger partial charge >= 0.3 is 5.69 Å². The molecule has 0 amide bonds. The van der Waals surface area contributed by atoms with Crippen molar-refractivity contribution in [3.05, 3.63) is 87.2 Å². The fraction of sp³-hybridized carbons (Fsp3) is 0.208. The number of aromatic nitrogens is 5. The van der Waals surface area contributed by atoms with Gasteiger partial charge in [0.1, 0.15) is 5.75 Å². The highest BCUT2D eigenvalue weighted by Gasteiger charge is 2.21. The Morgan fingerprint density at radius 1 is 0.969 bits per heavy atom. The molecular formula is C24H23N5O3. The highest BCUT2D eigenvalue weighted by molar-refractivity contribution is 5.78. The first-order valence-corrected chi connectivity index (χ1v) is 10.3. The van der Waals surface area contributed by atoms with Crippen LogP contribution in [-0.2, 0) is 27.1 Å². The molecule has 5 rings (SSSR count). The minimum absolute atomic E-state index is 0.368. The second kappa shape index (κ2) is 7.56. The van der Waals surface area contributed by atoms with E-state index in [-0.39, 0.29) is 5.56 Å². The Balaban J connectivity index is 1.78. The molecule has 2 aromatic carbocycles. The second-order valence-corrected chi connectivity index (χ2v) is 7.79. The average Bonchev–Trinajstić information content (AvgIpc) is 3.37. The lowest BCUT2D eigenvalue weighted by Crippen LogP contribution is -2.37. The van der Waals surface area contributed by atoms with Gasteiger partial charge in [-0.1, -0.05) is 42.5 Å². The Morgan fingerprint density at radius 3 is 2.50 bits per heavy atom. The van der Waals surface area contributed by atoms with E-state index in [0.29, 0.717) is 23.5 Å². The Labute approximate surface area is 183 Å². The summed E-state index contributed by atoms with van der Waals surface area (Å²) in [6, 6.07) is 18.0. The van der Waals surface area contributed by atoms with Crippen LogP contribution in [0.3, 0.4) is 0 Å². The van der Waals surface area contributed by atoms with Crippen LogP contribution in [0.1, 0.15) is 5.56 Å². The number of aryl methyl sites for hydroxylation is 3. The van der Waals surface area contributed by atoms with Crippen LogP contribution in [0.5, 0.6) is 5.75 Å². The SMILES string of the molecule is COc1cccc(-c2cn3c4c(=O)n(C)c(=O)n(C)c4nc3n2CCc2ccccc2)c1. The van der Waals surface area contributed by atoms with Crippen molar-refractivity contribution in [1.82, 2.24) is 23.1 Å².